The van der Waals surface area contributed by atoms with E-state index in [2.05, 4.69) is 28.6 Å². The number of sulfonamides is 1. The lowest BCUT2D eigenvalue weighted by atomic mass is 10.0. The van der Waals surface area contributed by atoms with E-state index in [9.17, 15) is 13.2 Å². The summed E-state index contributed by atoms with van der Waals surface area (Å²) in [4.78, 5) is 15.9. The number of hydrogen-bond acceptors (Lipinski definition) is 5. The molecule has 0 aliphatic carbocycles. The predicted molar refractivity (Wildman–Crippen MR) is 99.1 cm³/mol. The third-order valence-corrected chi connectivity index (χ3v) is 6.38. The maximum Gasteiger partial charge on any atom is 0.238 e. The topological polar surface area (TPSA) is 92.5 Å². The second kappa shape index (κ2) is 7.25. The molecule has 0 saturated heterocycles. The standard InChI is InChI=1S/C17H21N3O3S2/c1-12-15-7-10-24-16(15)5-8-20(12)9-6-17(21)19-13-3-2-4-14(11-13)25(18,22)23/h2-4,7,10-12H,5-6,8-9H2,1H3,(H,19,21)(H2,18,22,23). The number of benzene rings is 1. The van der Waals surface area contributed by atoms with Gasteiger partial charge in [-0.1, -0.05) is 6.07 Å². The van der Waals surface area contributed by atoms with Crippen molar-refractivity contribution in [2.45, 2.75) is 30.7 Å². The lowest BCUT2D eigenvalue weighted by molar-refractivity contribution is -0.116. The molecule has 0 bridgehead atoms. The average molecular weight is 380 g/mol. The molecule has 3 N–H and O–H groups in total. The summed E-state index contributed by atoms with van der Waals surface area (Å²) < 4.78 is 22.8. The van der Waals surface area contributed by atoms with Gasteiger partial charge in [-0.05, 0) is 48.6 Å². The summed E-state index contributed by atoms with van der Waals surface area (Å²) in [6.07, 6.45) is 1.37. The van der Waals surface area contributed by atoms with E-state index < -0.39 is 10.0 Å². The summed E-state index contributed by atoms with van der Waals surface area (Å²) in [6.45, 7) is 3.78. The molecule has 1 aromatic heterocycles. The predicted octanol–water partition coefficient (Wildman–Crippen LogP) is 2.34. The van der Waals surface area contributed by atoms with Gasteiger partial charge in [-0.2, -0.15) is 0 Å². The molecule has 25 heavy (non-hydrogen) atoms. The fraction of sp³-hybridized carbons (Fsp3) is 0.353. The lowest BCUT2D eigenvalue weighted by Gasteiger charge is -2.33. The van der Waals surface area contributed by atoms with Crippen molar-refractivity contribution in [3.8, 4) is 0 Å². The Bertz CT molecular complexity index is 877. The van der Waals surface area contributed by atoms with Crippen molar-refractivity contribution in [3.05, 3.63) is 46.2 Å². The largest absolute Gasteiger partial charge is 0.326 e. The molecule has 0 radical (unpaired) electrons. The van der Waals surface area contributed by atoms with Gasteiger partial charge in [-0.15, -0.1) is 11.3 Å². The Morgan fingerprint density at radius 2 is 2.20 bits per heavy atom. The summed E-state index contributed by atoms with van der Waals surface area (Å²) in [5.41, 5.74) is 1.79. The summed E-state index contributed by atoms with van der Waals surface area (Å²) >= 11 is 1.80. The second-order valence-corrected chi connectivity index (χ2v) is 8.69. The van der Waals surface area contributed by atoms with Crippen LogP contribution in [0.25, 0.3) is 0 Å². The number of anilines is 1. The number of primary sulfonamides is 1. The van der Waals surface area contributed by atoms with Crippen LogP contribution in [0.2, 0.25) is 0 Å². The Labute approximate surface area is 151 Å². The third kappa shape index (κ3) is 4.27. The molecule has 3 rings (SSSR count). The van der Waals surface area contributed by atoms with Gasteiger partial charge in [0.2, 0.25) is 15.9 Å². The Kier molecular flexibility index (Phi) is 5.24. The van der Waals surface area contributed by atoms with Crippen LogP contribution in [0, 0.1) is 0 Å². The van der Waals surface area contributed by atoms with Crippen LogP contribution < -0.4 is 10.5 Å². The van der Waals surface area contributed by atoms with Crippen molar-refractivity contribution in [1.29, 1.82) is 0 Å². The van der Waals surface area contributed by atoms with Crippen molar-refractivity contribution in [2.24, 2.45) is 5.14 Å². The van der Waals surface area contributed by atoms with Crippen LogP contribution in [0.4, 0.5) is 5.69 Å². The second-order valence-electron chi connectivity index (χ2n) is 6.13. The minimum absolute atomic E-state index is 0.0139. The minimum Gasteiger partial charge on any atom is -0.326 e. The first-order valence-electron chi connectivity index (χ1n) is 8.07. The van der Waals surface area contributed by atoms with Gasteiger partial charge < -0.3 is 5.32 Å². The zero-order valence-electron chi connectivity index (χ0n) is 13.9. The average Bonchev–Trinajstić information content (AvgIpc) is 3.03. The number of amides is 1. The van der Waals surface area contributed by atoms with E-state index in [1.807, 2.05) is 0 Å². The summed E-state index contributed by atoms with van der Waals surface area (Å²) in [7, 11) is -3.78. The molecule has 134 valence electrons. The fourth-order valence-corrected chi connectivity index (χ4v) is 4.61. The molecular formula is C17H21N3O3S2. The molecular weight excluding hydrogens is 358 g/mol. The van der Waals surface area contributed by atoms with Crippen LogP contribution >= 0.6 is 11.3 Å². The molecule has 6 nitrogen and oxygen atoms in total. The molecule has 2 heterocycles. The highest BCUT2D eigenvalue weighted by Gasteiger charge is 2.24. The van der Waals surface area contributed by atoms with Crippen molar-refractivity contribution in [3.63, 3.8) is 0 Å². The van der Waals surface area contributed by atoms with Gasteiger partial charge in [0.1, 0.15) is 0 Å². The smallest absolute Gasteiger partial charge is 0.238 e. The first kappa shape index (κ1) is 18.1. The van der Waals surface area contributed by atoms with E-state index in [-0.39, 0.29) is 10.8 Å². The van der Waals surface area contributed by atoms with E-state index in [0.29, 0.717) is 24.7 Å². The number of nitrogens with two attached hydrogens (primary N) is 1. The van der Waals surface area contributed by atoms with Crippen LogP contribution in [0.15, 0.2) is 40.6 Å². The summed E-state index contributed by atoms with van der Waals surface area (Å²) in [6, 6.07) is 8.45. The first-order chi connectivity index (χ1) is 11.8. The molecule has 1 unspecified atom stereocenters. The molecule has 1 amide bonds. The van der Waals surface area contributed by atoms with Crippen LogP contribution in [-0.2, 0) is 21.2 Å². The first-order valence-corrected chi connectivity index (χ1v) is 10.5. The van der Waals surface area contributed by atoms with Crippen LogP contribution in [-0.4, -0.2) is 32.3 Å². The highest BCUT2D eigenvalue weighted by Crippen LogP contribution is 2.32. The normalized spacial score (nSPS) is 17.9. The van der Waals surface area contributed by atoms with E-state index in [1.54, 1.807) is 23.5 Å². The highest BCUT2D eigenvalue weighted by atomic mass is 32.2. The van der Waals surface area contributed by atoms with Gasteiger partial charge in [0.05, 0.1) is 4.90 Å². The zero-order valence-corrected chi connectivity index (χ0v) is 15.6. The van der Waals surface area contributed by atoms with E-state index >= 15 is 0 Å². The minimum atomic E-state index is -3.78. The molecule has 8 heteroatoms. The summed E-state index contributed by atoms with van der Waals surface area (Å²) in [5, 5.41) is 9.97. The van der Waals surface area contributed by atoms with Gasteiger partial charge in [-0.3, -0.25) is 9.69 Å². The monoisotopic (exact) mass is 379 g/mol. The number of nitrogens with zero attached hydrogens (tertiary/aromatic N) is 1. The highest BCUT2D eigenvalue weighted by molar-refractivity contribution is 7.89. The van der Waals surface area contributed by atoms with E-state index in [4.69, 9.17) is 5.14 Å². The lowest BCUT2D eigenvalue weighted by Crippen LogP contribution is -2.35. The molecule has 1 aliphatic rings. The number of rotatable bonds is 5. The molecule has 2 aromatic rings. The van der Waals surface area contributed by atoms with Crippen molar-refractivity contribution in [1.82, 2.24) is 4.90 Å². The van der Waals surface area contributed by atoms with Gasteiger partial charge in [0.25, 0.3) is 0 Å². The van der Waals surface area contributed by atoms with Gasteiger partial charge in [0, 0.05) is 36.1 Å². The van der Waals surface area contributed by atoms with Crippen molar-refractivity contribution < 1.29 is 13.2 Å². The molecule has 1 atom stereocenters. The zero-order chi connectivity index (χ0) is 18.0. The van der Waals surface area contributed by atoms with Crippen LogP contribution in [0.1, 0.15) is 29.8 Å². The number of carbonyl (C=O) groups is 1. The summed E-state index contributed by atoms with van der Waals surface area (Å²) in [5.74, 6) is -0.144. The van der Waals surface area contributed by atoms with Gasteiger partial charge in [0.15, 0.2) is 0 Å². The van der Waals surface area contributed by atoms with Crippen LogP contribution in [0.5, 0.6) is 0 Å². The molecule has 0 spiro atoms. The molecule has 0 saturated carbocycles. The third-order valence-electron chi connectivity index (χ3n) is 4.48. The Hall–Kier alpha value is -1.74. The molecule has 0 fully saturated rings. The number of fused-ring (bicyclic) bond motifs is 1. The van der Waals surface area contributed by atoms with E-state index in [1.165, 1.54) is 22.6 Å². The number of thiophene rings is 1. The van der Waals surface area contributed by atoms with E-state index in [0.717, 1.165) is 13.0 Å². The number of nitrogens with one attached hydrogen (secondary N) is 1. The van der Waals surface area contributed by atoms with Gasteiger partial charge in [-0.25, -0.2) is 13.6 Å². The maximum absolute atomic E-state index is 12.2. The number of hydrogen-bond donors (Lipinski definition) is 2. The van der Waals surface area contributed by atoms with Crippen molar-refractivity contribution in [2.75, 3.05) is 18.4 Å². The van der Waals surface area contributed by atoms with Crippen LogP contribution in [0.3, 0.4) is 0 Å². The Morgan fingerprint density at radius 3 is 2.96 bits per heavy atom. The Morgan fingerprint density at radius 1 is 1.40 bits per heavy atom. The quantitative estimate of drug-likeness (QED) is 0.834. The van der Waals surface area contributed by atoms with Gasteiger partial charge >= 0.3 is 0 Å². The SMILES string of the molecule is CC1c2ccsc2CCN1CCC(=O)Nc1cccc(S(N)(=O)=O)c1. The molecule has 1 aromatic carbocycles. The number of carbonyl (C=O) groups excluding carboxylic acids is 1. The molecule has 1 aliphatic heterocycles. The van der Waals surface area contributed by atoms with Crippen molar-refractivity contribution >= 4 is 33.0 Å². The fourth-order valence-electron chi connectivity index (χ4n) is 3.09. The maximum atomic E-state index is 12.2. The Balaban J connectivity index is 1.57.